The molecule has 0 bridgehead atoms. The van der Waals surface area contributed by atoms with Gasteiger partial charge in [-0.05, 0) is 92.2 Å². The second kappa shape index (κ2) is 13.8. The predicted molar refractivity (Wildman–Crippen MR) is 142 cm³/mol. The lowest BCUT2D eigenvalue weighted by Gasteiger charge is -2.38. The Labute approximate surface area is 206 Å². The number of hydrogen-bond acceptors (Lipinski definition) is 0. The monoisotopic (exact) mass is 464 g/mol. The maximum absolute atomic E-state index is 15.0. The van der Waals surface area contributed by atoms with Crippen LogP contribution >= 0.6 is 0 Å². The normalized spacial score (nSPS) is 26.9. The zero-order valence-corrected chi connectivity index (χ0v) is 21.8. The minimum atomic E-state index is -0.309. The molecule has 0 spiro atoms. The SMILES string of the molecule is CCCCCCC(C)c1c(F)cc(C2CCC(C3CCC(CCCCC)CC3)CC2)cc1F.[HH].[HH]. The van der Waals surface area contributed by atoms with Crippen molar-refractivity contribution in [2.24, 2.45) is 17.8 Å². The standard InChI is InChI=1S/C31H50F2.2H2/c1-4-6-8-10-11-23(3)31-29(32)21-28(22-30(31)33)27-19-17-26(18-20-27)25-15-13-24(14-16-25)12-9-7-5-2;;/h21-27H,4-20H2,1-3H3;2*1H. The highest BCUT2D eigenvalue weighted by molar-refractivity contribution is 5.31. The van der Waals surface area contributed by atoms with Crippen molar-refractivity contribution < 1.29 is 11.6 Å². The third-order valence-electron chi connectivity index (χ3n) is 9.10. The van der Waals surface area contributed by atoms with Gasteiger partial charge in [0.05, 0.1) is 0 Å². The molecule has 0 radical (unpaired) electrons. The van der Waals surface area contributed by atoms with Gasteiger partial charge >= 0.3 is 0 Å². The van der Waals surface area contributed by atoms with E-state index in [1.165, 1.54) is 77.0 Å². The lowest BCUT2D eigenvalue weighted by Crippen LogP contribution is -2.25. The maximum Gasteiger partial charge on any atom is 0.129 e. The van der Waals surface area contributed by atoms with Crippen molar-refractivity contribution >= 4 is 0 Å². The zero-order chi connectivity index (χ0) is 23.6. The first-order valence-corrected chi connectivity index (χ1v) is 14.5. The molecule has 0 amide bonds. The average Bonchev–Trinajstić information content (AvgIpc) is 2.82. The number of unbranched alkanes of at least 4 members (excludes halogenated alkanes) is 5. The van der Waals surface area contributed by atoms with Crippen LogP contribution in [0.1, 0.15) is 156 Å². The fraction of sp³-hybridized carbons (Fsp3) is 0.806. The van der Waals surface area contributed by atoms with Crippen LogP contribution in [0.2, 0.25) is 0 Å². The summed E-state index contributed by atoms with van der Waals surface area (Å²) in [6.45, 7) is 6.46. The minimum Gasteiger partial charge on any atom is -0.207 e. The highest BCUT2D eigenvalue weighted by Crippen LogP contribution is 2.45. The zero-order valence-electron chi connectivity index (χ0n) is 21.8. The third-order valence-corrected chi connectivity index (χ3v) is 9.10. The average molecular weight is 465 g/mol. The minimum absolute atomic E-state index is 0. The van der Waals surface area contributed by atoms with Crippen molar-refractivity contribution in [3.05, 3.63) is 34.9 Å². The van der Waals surface area contributed by atoms with E-state index < -0.39 is 0 Å². The van der Waals surface area contributed by atoms with Gasteiger partial charge in [-0.25, -0.2) is 8.78 Å². The number of hydrogen-bond donors (Lipinski definition) is 0. The van der Waals surface area contributed by atoms with E-state index in [1.54, 1.807) is 12.1 Å². The fourth-order valence-electron chi connectivity index (χ4n) is 6.89. The van der Waals surface area contributed by atoms with Crippen LogP contribution in [0, 0.1) is 29.4 Å². The molecule has 0 heterocycles. The Kier molecular flexibility index (Phi) is 11.2. The Morgan fingerprint density at radius 1 is 0.758 bits per heavy atom. The highest BCUT2D eigenvalue weighted by Gasteiger charge is 2.32. The van der Waals surface area contributed by atoms with Crippen LogP contribution in [0.5, 0.6) is 0 Å². The van der Waals surface area contributed by atoms with Crippen LogP contribution in [0.15, 0.2) is 12.1 Å². The van der Waals surface area contributed by atoms with E-state index in [9.17, 15) is 8.78 Å². The lowest BCUT2D eigenvalue weighted by molar-refractivity contribution is 0.155. The Morgan fingerprint density at radius 2 is 1.30 bits per heavy atom. The van der Waals surface area contributed by atoms with Gasteiger partial charge in [0.25, 0.3) is 0 Å². The van der Waals surface area contributed by atoms with E-state index >= 15 is 0 Å². The van der Waals surface area contributed by atoms with Crippen molar-refractivity contribution in [1.82, 2.24) is 0 Å². The molecule has 0 nitrogen and oxygen atoms in total. The van der Waals surface area contributed by atoms with E-state index in [2.05, 4.69) is 13.8 Å². The molecule has 3 rings (SSSR count). The molecule has 33 heavy (non-hydrogen) atoms. The molecule has 0 aromatic heterocycles. The maximum atomic E-state index is 15.0. The molecular weight excluding hydrogens is 410 g/mol. The molecule has 2 aliphatic carbocycles. The second-order valence-electron chi connectivity index (χ2n) is 11.5. The first-order chi connectivity index (χ1) is 16.0. The molecule has 1 atom stereocenters. The summed E-state index contributed by atoms with van der Waals surface area (Å²) < 4.78 is 29.9. The Balaban J connectivity index is 0.00000306. The molecule has 1 aromatic rings. The van der Waals surface area contributed by atoms with Gasteiger partial charge in [0.2, 0.25) is 0 Å². The van der Waals surface area contributed by atoms with Crippen LogP contribution in [0.25, 0.3) is 0 Å². The van der Waals surface area contributed by atoms with Crippen LogP contribution in [0.4, 0.5) is 8.78 Å². The van der Waals surface area contributed by atoms with Crippen molar-refractivity contribution in [3.63, 3.8) is 0 Å². The smallest absolute Gasteiger partial charge is 0.129 e. The molecule has 0 N–H and O–H groups in total. The van der Waals surface area contributed by atoms with E-state index in [4.69, 9.17) is 0 Å². The molecule has 2 saturated carbocycles. The van der Waals surface area contributed by atoms with Crippen LogP contribution < -0.4 is 0 Å². The van der Waals surface area contributed by atoms with Crippen molar-refractivity contribution in [2.45, 2.75) is 142 Å². The Morgan fingerprint density at radius 3 is 1.88 bits per heavy atom. The van der Waals surface area contributed by atoms with Gasteiger partial charge in [-0.1, -0.05) is 85.0 Å². The quantitative estimate of drug-likeness (QED) is 0.270. The summed E-state index contributed by atoms with van der Waals surface area (Å²) in [4.78, 5) is 0. The molecule has 2 fully saturated rings. The van der Waals surface area contributed by atoms with Gasteiger partial charge in [0.1, 0.15) is 11.6 Å². The predicted octanol–water partition coefficient (Wildman–Crippen LogP) is 11.2. The topological polar surface area (TPSA) is 0 Å². The molecular formula is C31H54F2. The van der Waals surface area contributed by atoms with E-state index in [0.29, 0.717) is 11.5 Å². The summed E-state index contributed by atoms with van der Waals surface area (Å²) in [6.07, 6.45) is 21.5. The molecule has 0 aliphatic heterocycles. The molecule has 2 heteroatoms. The molecule has 1 aromatic carbocycles. The summed E-state index contributed by atoms with van der Waals surface area (Å²) in [5, 5.41) is 0. The van der Waals surface area contributed by atoms with Gasteiger partial charge in [0, 0.05) is 8.42 Å². The molecule has 1 unspecified atom stereocenters. The Hall–Kier alpha value is -0.920. The van der Waals surface area contributed by atoms with Gasteiger partial charge < -0.3 is 0 Å². The molecule has 2 aliphatic rings. The number of benzene rings is 1. The summed E-state index contributed by atoms with van der Waals surface area (Å²) in [5.41, 5.74) is 1.23. The summed E-state index contributed by atoms with van der Waals surface area (Å²) >= 11 is 0. The van der Waals surface area contributed by atoms with Crippen molar-refractivity contribution in [1.29, 1.82) is 0 Å². The highest BCUT2D eigenvalue weighted by atomic mass is 19.1. The largest absolute Gasteiger partial charge is 0.207 e. The molecule has 192 valence electrons. The van der Waals surface area contributed by atoms with Crippen molar-refractivity contribution in [2.75, 3.05) is 0 Å². The van der Waals surface area contributed by atoms with Gasteiger partial charge in [-0.15, -0.1) is 0 Å². The van der Waals surface area contributed by atoms with Gasteiger partial charge in [-0.3, -0.25) is 0 Å². The van der Waals surface area contributed by atoms with E-state index in [0.717, 1.165) is 55.4 Å². The summed E-state index contributed by atoms with van der Waals surface area (Å²) in [6, 6.07) is 3.35. The number of halogens is 2. The van der Waals surface area contributed by atoms with Gasteiger partial charge in [-0.2, -0.15) is 0 Å². The summed E-state index contributed by atoms with van der Waals surface area (Å²) in [5.74, 6) is 2.40. The first kappa shape index (κ1) is 26.7. The second-order valence-corrected chi connectivity index (χ2v) is 11.5. The van der Waals surface area contributed by atoms with Crippen LogP contribution in [-0.2, 0) is 0 Å². The van der Waals surface area contributed by atoms with Crippen LogP contribution in [-0.4, -0.2) is 0 Å². The first-order valence-electron chi connectivity index (χ1n) is 14.5. The number of rotatable bonds is 12. The molecule has 0 saturated heterocycles. The van der Waals surface area contributed by atoms with Crippen molar-refractivity contribution in [3.8, 4) is 0 Å². The van der Waals surface area contributed by atoms with Gasteiger partial charge in [0.15, 0.2) is 0 Å². The van der Waals surface area contributed by atoms with E-state index in [1.807, 2.05) is 6.92 Å². The summed E-state index contributed by atoms with van der Waals surface area (Å²) in [7, 11) is 0. The fourth-order valence-corrected chi connectivity index (χ4v) is 6.89. The third kappa shape index (κ3) is 7.79. The Bertz CT molecular complexity index is 668. The van der Waals surface area contributed by atoms with Crippen LogP contribution in [0.3, 0.4) is 0 Å². The lowest BCUT2D eigenvalue weighted by atomic mass is 9.68. The van der Waals surface area contributed by atoms with E-state index in [-0.39, 0.29) is 20.4 Å².